The maximum Gasteiger partial charge on any atom is 0.223 e. The van der Waals surface area contributed by atoms with Gasteiger partial charge in [0.15, 0.2) is 9.84 Å². The van der Waals surface area contributed by atoms with Gasteiger partial charge in [-0.05, 0) is 36.2 Å². The van der Waals surface area contributed by atoms with Crippen LogP contribution < -0.4 is 4.74 Å². The van der Waals surface area contributed by atoms with Crippen LogP contribution in [0.3, 0.4) is 0 Å². The van der Waals surface area contributed by atoms with E-state index in [2.05, 4.69) is 0 Å². The summed E-state index contributed by atoms with van der Waals surface area (Å²) in [6, 6.07) is 16.2. The summed E-state index contributed by atoms with van der Waals surface area (Å²) >= 11 is 0. The molecule has 3 rings (SSSR count). The lowest BCUT2D eigenvalue weighted by Gasteiger charge is -2.17. The second kappa shape index (κ2) is 7.91. The molecular weight excluding hydrogens is 350 g/mol. The van der Waals surface area contributed by atoms with Crippen molar-refractivity contribution in [3.05, 3.63) is 60.2 Å². The number of ether oxygens (including phenoxy) is 1. The first-order chi connectivity index (χ1) is 12.5. The Bertz CT molecular complexity index is 847. The molecule has 2 aromatic rings. The molecule has 0 N–H and O–H groups in total. The second-order valence-corrected chi connectivity index (χ2v) is 8.59. The number of carbonyl (C=O) groups is 1. The first kappa shape index (κ1) is 18.5. The minimum Gasteiger partial charge on any atom is -0.497 e. The van der Waals surface area contributed by atoms with Crippen LogP contribution in [0, 0.1) is 0 Å². The molecule has 1 fully saturated rings. The van der Waals surface area contributed by atoms with E-state index in [0.29, 0.717) is 13.1 Å². The smallest absolute Gasteiger partial charge is 0.223 e. The Kier molecular flexibility index (Phi) is 5.61. The zero-order valence-electron chi connectivity index (χ0n) is 14.8. The second-order valence-electron chi connectivity index (χ2n) is 6.48. The van der Waals surface area contributed by atoms with Crippen LogP contribution in [-0.2, 0) is 14.6 Å². The molecule has 1 atom stereocenters. The van der Waals surface area contributed by atoms with Crippen LogP contribution in [0.5, 0.6) is 5.75 Å². The summed E-state index contributed by atoms with van der Waals surface area (Å²) in [6.07, 6.45) is 0.913. The lowest BCUT2D eigenvalue weighted by atomic mass is 9.98. The minimum atomic E-state index is -3.42. The molecule has 0 radical (unpaired) electrons. The van der Waals surface area contributed by atoms with Gasteiger partial charge in [-0.15, -0.1) is 0 Å². The van der Waals surface area contributed by atoms with Gasteiger partial charge in [-0.3, -0.25) is 4.79 Å². The zero-order valence-corrected chi connectivity index (χ0v) is 15.6. The molecule has 1 heterocycles. The van der Waals surface area contributed by atoms with Gasteiger partial charge in [-0.1, -0.05) is 30.3 Å². The predicted molar refractivity (Wildman–Crippen MR) is 100 cm³/mol. The number of methoxy groups -OCH3 is 1. The van der Waals surface area contributed by atoms with Crippen LogP contribution in [0.4, 0.5) is 0 Å². The van der Waals surface area contributed by atoms with E-state index in [1.807, 2.05) is 24.3 Å². The van der Waals surface area contributed by atoms with Crippen molar-refractivity contribution in [3.8, 4) is 5.75 Å². The van der Waals surface area contributed by atoms with Gasteiger partial charge in [0.2, 0.25) is 5.91 Å². The fourth-order valence-electron chi connectivity index (χ4n) is 3.26. The van der Waals surface area contributed by atoms with Crippen molar-refractivity contribution in [2.75, 3.05) is 26.0 Å². The van der Waals surface area contributed by atoms with E-state index < -0.39 is 9.84 Å². The first-order valence-electron chi connectivity index (χ1n) is 8.69. The fraction of sp³-hybridized carbons (Fsp3) is 0.350. The van der Waals surface area contributed by atoms with Crippen LogP contribution in [0.1, 0.15) is 24.3 Å². The molecule has 2 aromatic carbocycles. The third kappa shape index (κ3) is 4.25. The third-order valence-corrected chi connectivity index (χ3v) is 6.55. The van der Waals surface area contributed by atoms with Crippen molar-refractivity contribution in [3.63, 3.8) is 0 Å². The Labute approximate surface area is 154 Å². The van der Waals surface area contributed by atoms with Crippen LogP contribution in [0.15, 0.2) is 59.5 Å². The monoisotopic (exact) mass is 373 g/mol. The number of sulfone groups is 1. The van der Waals surface area contributed by atoms with Crippen molar-refractivity contribution >= 4 is 15.7 Å². The van der Waals surface area contributed by atoms with E-state index in [4.69, 9.17) is 4.74 Å². The average Bonchev–Trinajstić information content (AvgIpc) is 3.17. The van der Waals surface area contributed by atoms with Gasteiger partial charge in [-0.25, -0.2) is 8.42 Å². The van der Waals surface area contributed by atoms with Gasteiger partial charge in [0.05, 0.1) is 17.8 Å². The lowest BCUT2D eigenvalue weighted by molar-refractivity contribution is -0.129. The Morgan fingerprint density at radius 3 is 2.46 bits per heavy atom. The molecule has 0 aromatic heterocycles. The summed E-state index contributed by atoms with van der Waals surface area (Å²) in [5, 5.41) is 0. The Balaban J connectivity index is 1.56. The topological polar surface area (TPSA) is 63.7 Å². The molecule has 1 saturated heterocycles. The molecule has 0 spiro atoms. The number of amides is 1. The number of carbonyl (C=O) groups excluding carboxylic acids is 1. The number of hydrogen-bond acceptors (Lipinski definition) is 4. The molecule has 5 nitrogen and oxygen atoms in total. The summed E-state index contributed by atoms with van der Waals surface area (Å²) < 4.78 is 29.8. The third-order valence-electron chi connectivity index (χ3n) is 4.82. The van der Waals surface area contributed by atoms with Crippen molar-refractivity contribution in [1.82, 2.24) is 4.90 Å². The average molecular weight is 373 g/mol. The highest BCUT2D eigenvalue weighted by Crippen LogP contribution is 2.29. The molecule has 138 valence electrons. The molecule has 6 heteroatoms. The van der Waals surface area contributed by atoms with E-state index in [9.17, 15) is 13.2 Å². The fourth-order valence-corrected chi connectivity index (χ4v) is 4.51. The predicted octanol–water partition coefficient (Wildman–Crippen LogP) is 2.88. The van der Waals surface area contributed by atoms with Crippen LogP contribution in [0.2, 0.25) is 0 Å². The van der Waals surface area contributed by atoms with Gasteiger partial charge >= 0.3 is 0 Å². The van der Waals surface area contributed by atoms with Gasteiger partial charge in [0.1, 0.15) is 5.75 Å². The number of nitrogens with zero attached hydrogens (tertiary/aromatic N) is 1. The highest BCUT2D eigenvalue weighted by atomic mass is 32.2. The summed E-state index contributed by atoms with van der Waals surface area (Å²) in [5.41, 5.74) is 1.18. The number of rotatable bonds is 6. The summed E-state index contributed by atoms with van der Waals surface area (Å²) in [6.45, 7) is 1.30. The Morgan fingerprint density at radius 1 is 1.12 bits per heavy atom. The van der Waals surface area contributed by atoms with Gasteiger partial charge < -0.3 is 9.64 Å². The van der Waals surface area contributed by atoms with E-state index in [1.165, 1.54) is 5.56 Å². The molecule has 1 aliphatic rings. The molecule has 0 bridgehead atoms. The molecule has 1 unspecified atom stereocenters. The molecule has 1 aliphatic heterocycles. The number of likely N-dealkylation sites (tertiary alicyclic amines) is 1. The van der Waals surface area contributed by atoms with E-state index >= 15 is 0 Å². The quantitative estimate of drug-likeness (QED) is 0.781. The van der Waals surface area contributed by atoms with Gasteiger partial charge in [0.25, 0.3) is 0 Å². The van der Waals surface area contributed by atoms with Crippen LogP contribution in [0.25, 0.3) is 0 Å². The van der Waals surface area contributed by atoms with Crippen molar-refractivity contribution in [2.45, 2.75) is 23.7 Å². The molecule has 0 aliphatic carbocycles. The van der Waals surface area contributed by atoms with Crippen molar-refractivity contribution in [1.29, 1.82) is 0 Å². The normalized spacial score (nSPS) is 17.3. The number of hydrogen-bond donors (Lipinski definition) is 0. The standard InChI is InChI=1S/C20H23NO4S/c1-25-18-9-7-16(8-10-18)17-11-13-21(15-17)20(22)12-14-26(23,24)19-5-3-2-4-6-19/h2-10,17H,11-15H2,1H3. The van der Waals surface area contributed by atoms with Gasteiger partial charge in [-0.2, -0.15) is 0 Å². The summed E-state index contributed by atoms with van der Waals surface area (Å²) in [7, 11) is -1.79. The highest BCUT2D eigenvalue weighted by molar-refractivity contribution is 7.91. The molecular formula is C20H23NO4S. The Hall–Kier alpha value is -2.34. The Morgan fingerprint density at radius 2 is 1.81 bits per heavy atom. The first-order valence-corrected chi connectivity index (χ1v) is 10.3. The van der Waals surface area contributed by atoms with E-state index in [-0.39, 0.29) is 28.9 Å². The summed E-state index contributed by atoms with van der Waals surface area (Å²) in [5.74, 6) is 0.849. The van der Waals surface area contributed by atoms with Crippen LogP contribution >= 0.6 is 0 Å². The minimum absolute atomic E-state index is 0.0204. The molecule has 0 saturated carbocycles. The molecule has 26 heavy (non-hydrogen) atoms. The largest absolute Gasteiger partial charge is 0.497 e. The van der Waals surface area contributed by atoms with E-state index in [0.717, 1.165) is 12.2 Å². The highest BCUT2D eigenvalue weighted by Gasteiger charge is 2.28. The number of benzene rings is 2. The zero-order chi connectivity index (χ0) is 18.6. The van der Waals surface area contributed by atoms with Crippen molar-refractivity contribution in [2.24, 2.45) is 0 Å². The summed E-state index contributed by atoms with van der Waals surface area (Å²) in [4.78, 5) is 14.5. The van der Waals surface area contributed by atoms with Crippen LogP contribution in [-0.4, -0.2) is 45.2 Å². The lowest BCUT2D eigenvalue weighted by Crippen LogP contribution is -2.30. The maximum absolute atomic E-state index is 12.4. The van der Waals surface area contributed by atoms with E-state index in [1.54, 1.807) is 42.3 Å². The molecule has 1 amide bonds. The SMILES string of the molecule is COc1ccc(C2CCN(C(=O)CCS(=O)(=O)c3ccccc3)C2)cc1. The van der Waals surface area contributed by atoms with Crippen molar-refractivity contribution < 1.29 is 17.9 Å². The van der Waals surface area contributed by atoms with Gasteiger partial charge in [0, 0.05) is 25.4 Å². The maximum atomic E-state index is 12.4.